The Hall–Kier alpha value is -2.07. The molecule has 2 aliphatic rings. The Morgan fingerprint density at radius 2 is 1.96 bits per heavy atom. The molecular formula is C14H11ClN2O6S. The molecule has 24 heavy (non-hydrogen) atoms. The number of sulfonamides is 1. The first-order chi connectivity index (χ1) is 11.3. The van der Waals surface area contributed by atoms with Crippen LogP contribution in [0.1, 0.15) is 0 Å². The van der Waals surface area contributed by atoms with E-state index in [-0.39, 0.29) is 34.6 Å². The number of benzene rings is 1. The number of ether oxygens (including phenoxy) is 1. The molecule has 0 amide bonds. The van der Waals surface area contributed by atoms with Gasteiger partial charge in [0.1, 0.15) is 0 Å². The monoisotopic (exact) mass is 370 g/mol. The van der Waals surface area contributed by atoms with Crippen molar-refractivity contribution in [2.24, 2.45) is 0 Å². The quantitative estimate of drug-likeness (QED) is 0.590. The third-order valence-electron chi connectivity index (χ3n) is 3.71. The van der Waals surface area contributed by atoms with Crippen molar-refractivity contribution in [3.63, 3.8) is 0 Å². The van der Waals surface area contributed by atoms with Crippen LogP contribution in [0.25, 0.3) is 0 Å². The van der Waals surface area contributed by atoms with Gasteiger partial charge < -0.3 is 4.74 Å². The van der Waals surface area contributed by atoms with Crippen LogP contribution in [0.15, 0.2) is 52.4 Å². The van der Waals surface area contributed by atoms with Gasteiger partial charge in [0, 0.05) is 24.8 Å². The number of rotatable bonds is 3. The fraction of sp³-hybridized carbons (Fsp3) is 0.214. The standard InChI is InChI=1S/C14H11ClN2O6S/c15-13-9-11(18)5-6-14(13)16(7-8-23-14)24(21,22)12-3-1-10(2-4-12)17(19)20/h1-6,9H,7-8H2. The predicted molar refractivity (Wildman–Crippen MR) is 83.8 cm³/mol. The molecular weight excluding hydrogens is 360 g/mol. The van der Waals surface area contributed by atoms with Crippen molar-refractivity contribution in [3.8, 4) is 0 Å². The van der Waals surface area contributed by atoms with E-state index in [1.54, 1.807) is 0 Å². The van der Waals surface area contributed by atoms with Crippen LogP contribution >= 0.6 is 11.6 Å². The van der Waals surface area contributed by atoms with Gasteiger partial charge in [-0.25, -0.2) is 8.42 Å². The number of non-ortho nitro benzene ring substituents is 1. The molecule has 0 saturated carbocycles. The van der Waals surface area contributed by atoms with Crippen molar-refractivity contribution < 1.29 is 22.9 Å². The number of ketones is 1. The first kappa shape index (κ1) is 16.8. The van der Waals surface area contributed by atoms with E-state index in [0.29, 0.717) is 0 Å². The number of halogens is 1. The van der Waals surface area contributed by atoms with E-state index < -0.39 is 20.7 Å². The number of allylic oxidation sites excluding steroid dienone is 2. The number of hydrogen-bond donors (Lipinski definition) is 0. The Morgan fingerprint density at radius 1 is 1.29 bits per heavy atom. The van der Waals surface area contributed by atoms with Gasteiger partial charge in [0.15, 0.2) is 11.5 Å². The van der Waals surface area contributed by atoms with Crippen LogP contribution in [-0.2, 0) is 19.6 Å². The van der Waals surface area contributed by atoms with E-state index in [2.05, 4.69) is 0 Å². The SMILES string of the molecule is O=C1C=CC2(OCCN2S(=O)(=O)c2ccc([N+](=O)[O-])cc2)C(Cl)=C1. The average Bonchev–Trinajstić information content (AvgIpc) is 2.97. The van der Waals surface area contributed by atoms with Crippen molar-refractivity contribution in [2.75, 3.05) is 13.2 Å². The highest BCUT2D eigenvalue weighted by molar-refractivity contribution is 7.89. The molecule has 0 bridgehead atoms. The molecule has 1 spiro atoms. The zero-order chi connectivity index (χ0) is 17.5. The number of carbonyl (C=O) groups excluding carboxylic acids is 1. The van der Waals surface area contributed by atoms with E-state index >= 15 is 0 Å². The Bertz CT molecular complexity index is 877. The van der Waals surface area contributed by atoms with Crippen molar-refractivity contribution in [1.29, 1.82) is 0 Å². The second kappa shape index (κ2) is 5.78. The summed E-state index contributed by atoms with van der Waals surface area (Å²) in [6, 6.07) is 4.51. The summed E-state index contributed by atoms with van der Waals surface area (Å²) < 4.78 is 32.3. The van der Waals surface area contributed by atoms with Crippen LogP contribution in [0.2, 0.25) is 0 Å². The average molecular weight is 371 g/mol. The molecule has 3 rings (SSSR count). The highest BCUT2D eigenvalue weighted by Crippen LogP contribution is 2.40. The molecule has 1 aromatic rings. The zero-order valence-electron chi connectivity index (χ0n) is 12.1. The summed E-state index contributed by atoms with van der Waals surface area (Å²) >= 11 is 6.10. The molecule has 1 saturated heterocycles. The Labute approximate surface area is 142 Å². The summed E-state index contributed by atoms with van der Waals surface area (Å²) in [5, 5.41) is 10.6. The minimum absolute atomic E-state index is 0.0297. The molecule has 10 heteroatoms. The number of nitro benzene ring substituents is 1. The minimum atomic E-state index is -4.04. The maximum absolute atomic E-state index is 12.9. The van der Waals surface area contributed by atoms with Gasteiger partial charge in [-0.1, -0.05) is 11.6 Å². The van der Waals surface area contributed by atoms with Crippen molar-refractivity contribution in [1.82, 2.24) is 4.31 Å². The lowest BCUT2D eigenvalue weighted by atomic mass is 10.1. The highest BCUT2D eigenvalue weighted by atomic mass is 35.5. The van der Waals surface area contributed by atoms with Gasteiger partial charge in [-0.3, -0.25) is 14.9 Å². The Kier molecular flexibility index (Phi) is 4.04. The molecule has 1 aliphatic heterocycles. The molecule has 1 atom stereocenters. The maximum atomic E-state index is 12.9. The third-order valence-corrected chi connectivity index (χ3v) is 5.99. The van der Waals surface area contributed by atoms with Gasteiger partial charge in [0.2, 0.25) is 10.0 Å². The highest BCUT2D eigenvalue weighted by Gasteiger charge is 2.51. The Morgan fingerprint density at radius 3 is 2.54 bits per heavy atom. The molecule has 1 unspecified atom stereocenters. The lowest BCUT2D eigenvalue weighted by Crippen LogP contribution is -2.48. The van der Waals surface area contributed by atoms with Gasteiger partial charge in [-0.15, -0.1) is 0 Å². The summed E-state index contributed by atoms with van der Waals surface area (Å²) in [6.45, 7) is 0.122. The molecule has 126 valence electrons. The van der Waals surface area contributed by atoms with E-state index in [1.165, 1.54) is 12.2 Å². The predicted octanol–water partition coefficient (Wildman–Crippen LogP) is 1.57. The first-order valence-corrected chi connectivity index (χ1v) is 8.61. The molecule has 1 aliphatic carbocycles. The number of nitro groups is 1. The lowest BCUT2D eigenvalue weighted by Gasteiger charge is -2.34. The molecule has 0 radical (unpaired) electrons. The van der Waals surface area contributed by atoms with E-state index in [0.717, 1.165) is 34.6 Å². The summed E-state index contributed by atoms with van der Waals surface area (Å²) in [5.41, 5.74) is -1.78. The number of nitrogens with zero attached hydrogens (tertiary/aromatic N) is 2. The number of hydrogen-bond acceptors (Lipinski definition) is 6. The maximum Gasteiger partial charge on any atom is 0.269 e. The smallest absolute Gasteiger partial charge is 0.269 e. The van der Waals surface area contributed by atoms with Gasteiger partial charge in [-0.05, 0) is 24.3 Å². The molecule has 1 fully saturated rings. The van der Waals surface area contributed by atoms with Gasteiger partial charge in [0.05, 0.1) is 21.5 Å². The van der Waals surface area contributed by atoms with Crippen LogP contribution < -0.4 is 0 Å². The molecule has 0 N–H and O–H groups in total. The van der Waals surface area contributed by atoms with Crippen LogP contribution in [0.5, 0.6) is 0 Å². The third kappa shape index (κ3) is 2.55. The first-order valence-electron chi connectivity index (χ1n) is 6.79. The van der Waals surface area contributed by atoms with E-state index in [4.69, 9.17) is 16.3 Å². The van der Waals surface area contributed by atoms with Crippen LogP contribution in [0.4, 0.5) is 5.69 Å². The van der Waals surface area contributed by atoms with Crippen LogP contribution in [-0.4, -0.2) is 42.3 Å². The second-order valence-electron chi connectivity index (χ2n) is 5.10. The van der Waals surface area contributed by atoms with Crippen molar-refractivity contribution in [2.45, 2.75) is 10.6 Å². The van der Waals surface area contributed by atoms with Crippen LogP contribution in [0.3, 0.4) is 0 Å². The topological polar surface area (TPSA) is 107 Å². The lowest BCUT2D eigenvalue weighted by molar-refractivity contribution is -0.384. The van der Waals surface area contributed by atoms with Gasteiger partial charge >= 0.3 is 0 Å². The van der Waals surface area contributed by atoms with Gasteiger partial charge in [0.25, 0.3) is 5.69 Å². The fourth-order valence-electron chi connectivity index (χ4n) is 2.56. The van der Waals surface area contributed by atoms with Gasteiger partial charge in [-0.2, -0.15) is 4.31 Å². The summed E-state index contributed by atoms with van der Waals surface area (Å²) in [6.07, 6.45) is 3.59. The van der Waals surface area contributed by atoms with Crippen molar-refractivity contribution in [3.05, 3.63) is 57.6 Å². The minimum Gasteiger partial charge on any atom is -0.349 e. The largest absolute Gasteiger partial charge is 0.349 e. The molecule has 1 heterocycles. The molecule has 8 nitrogen and oxygen atoms in total. The molecule has 1 aromatic carbocycles. The molecule has 0 aromatic heterocycles. The van der Waals surface area contributed by atoms with E-state index in [9.17, 15) is 23.3 Å². The zero-order valence-corrected chi connectivity index (χ0v) is 13.7. The fourth-order valence-corrected chi connectivity index (χ4v) is 4.55. The summed E-state index contributed by atoms with van der Waals surface area (Å²) in [7, 11) is -4.04. The summed E-state index contributed by atoms with van der Waals surface area (Å²) in [4.78, 5) is 21.3. The van der Waals surface area contributed by atoms with E-state index in [1.807, 2.05) is 0 Å². The normalized spacial score (nSPS) is 24.4. The van der Waals surface area contributed by atoms with Crippen molar-refractivity contribution >= 4 is 33.1 Å². The number of carbonyl (C=O) groups is 1. The summed E-state index contributed by atoms with van der Waals surface area (Å²) in [5.74, 6) is -0.367. The second-order valence-corrected chi connectivity index (χ2v) is 7.37. The Balaban J connectivity index is 2.03. The van der Waals surface area contributed by atoms with Crippen LogP contribution in [0, 0.1) is 10.1 Å².